The summed E-state index contributed by atoms with van der Waals surface area (Å²) < 4.78 is 10.7. The van der Waals surface area contributed by atoms with Crippen LogP contribution in [0.3, 0.4) is 0 Å². The lowest BCUT2D eigenvalue weighted by Crippen LogP contribution is -2.05. The van der Waals surface area contributed by atoms with E-state index >= 15 is 0 Å². The summed E-state index contributed by atoms with van der Waals surface area (Å²) in [6.45, 7) is 8.76. The van der Waals surface area contributed by atoms with E-state index < -0.39 is 0 Å². The van der Waals surface area contributed by atoms with Gasteiger partial charge in [-0.3, -0.25) is 0 Å². The fourth-order valence-corrected chi connectivity index (χ4v) is 5.50. The van der Waals surface area contributed by atoms with Crippen molar-refractivity contribution >= 4 is 54.2 Å². The molecule has 0 spiro atoms. The maximum Gasteiger partial charge on any atom is 0.181 e. The third kappa shape index (κ3) is 1.85. The van der Waals surface area contributed by atoms with Crippen LogP contribution in [0, 0.1) is 9.54 Å². The van der Waals surface area contributed by atoms with E-state index in [2.05, 4.69) is 60.1 Å². The third-order valence-corrected chi connectivity index (χ3v) is 6.64. The molecule has 0 aromatic carbocycles. The Morgan fingerprint density at radius 3 is 1.38 bits per heavy atom. The Balaban J connectivity index is 2.68. The second kappa shape index (κ2) is 4.83. The molecule has 0 saturated carbocycles. The van der Waals surface area contributed by atoms with Crippen LogP contribution in [0.25, 0.3) is 21.5 Å². The molecule has 3 aromatic heterocycles. The van der Waals surface area contributed by atoms with Crippen molar-refractivity contribution in [1.29, 1.82) is 0 Å². The fraction of sp³-hybridized carbons (Fsp3) is 0.571. The Labute approximate surface area is 136 Å². The molecule has 0 fully saturated rings. The summed E-state index contributed by atoms with van der Waals surface area (Å²) in [7, 11) is 4.77. The molecule has 0 saturated heterocycles. The van der Waals surface area contributed by atoms with Crippen LogP contribution in [0.1, 0.15) is 39.8 Å². The summed E-state index contributed by atoms with van der Waals surface area (Å²) in [6, 6.07) is 0.690. The second-order valence-electron chi connectivity index (χ2n) is 6.13. The molecular formula is C14H21N4PS2. The second-order valence-corrected chi connectivity index (χ2v) is 8.06. The summed E-state index contributed by atoms with van der Waals surface area (Å²) in [6.07, 6.45) is 0. The first-order valence-electron chi connectivity index (χ1n) is 7.17. The van der Waals surface area contributed by atoms with E-state index in [1.165, 1.54) is 21.5 Å². The molecule has 7 heteroatoms. The van der Waals surface area contributed by atoms with Crippen LogP contribution in [-0.4, -0.2) is 18.3 Å². The number of aromatic nitrogens is 4. The van der Waals surface area contributed by atoms with Crippen LogP contribution in [0.5, 0.6) is 0 Å². The van der Waals surface area contributed by atoms with E-state index in [1.807, 2.05) is 0 Å². The van der Waals surface area contributed by atoms with Gasteiger partial charge in [0.05, 0.1) is 21.5 Å². The minimum Gasteiger partial charge on any atom is -0.317 e. The maximum atomic E-state index is 5.64. The molecule has 0 bridgehead atoms. The minimum atomic E-state index is 0.345. The van der Waals surface area contributed by atoms with Gasteiger partial charge in [-0.2, -0.15) is 0 Å². The summed E-state index contributed by atoms with van der Waals surface area (Å²) in [5, 5.41) is 2.66. The van der Waals surface area contributed by atoms with Crippen molar-refractivity contribution in [1.82, 2.24) is 18.3 Å². The average molecular weight is 340 g/mol. The zero-order valence-electron chi connectivity index (χ0n) is 13.3. The molecule has 114 valence electrons. The quantitative estimate of drug-likeness (QED) is 0.617. The van der Waals surface area contributed by atoms with Crippen molar-refractivity contribution in [3.8, 4) is 0 Å². The van der Waals surface area contributed by atoms with E-state index in [0.717, 1.165) is 9.54 Å². The molecule has 4 nitrogen and oxygen atoms in total. The van der Waals surface area contributed by atoms with Crippen LogP contribution in [-0.2, 0) is 14.1 Å². The van der Waals surface area contributed by atoms with Gasteiger partial charge in [-0.15, -0.1) is 0 Å². The van der Waals surface area contributed by atoms with Crippen LogP contribution in [0.4, 0.5) is 0 Å². The largest absolute Gasteiger partial charge is 0.317 e. The van der Waals surface area contributed by atoms with Crippen molar-refractivity contribution in [2.45, 2.75) is 39.8 Å². The molecule has 3 rings (SSSR count). The Morgan fingerprint density at radius 2 is 1.10 bits per heavy atom. The first-order valence-corrected chi connectivity index (χ1v) is 8.98. The van der Waals surface area contributed by atoms with Crippen LogP contribution >= 0.6 is 32.6 Å². The van der Waals surface area contributed by atoms with E-state index in [-0.39, 0.29) is 0 Å². The van der Waals surface area contributed by atoms with Crippen molar-refractivity contribution in [2.24, 2.45) is 14.1 Å². The number of hydrogen-bond acceptors (Lipinski definition) is 2. The molecule has 0 N–H and O–H groups in total. The highest BCUT2D eigenvalue weighted by Gasteiger charge is 2.22. The lowest BCUT2D eigenvalue weighted by molar-refractivity contribution is 0.587. The van der Waals surface area contributed by atoms with E-state index in [1.54, 1.807) is 0 Å². The average Bonchev–Trinajstić information content (AvgIpc) is 2.94. The standard InChI is InChI=1S/C14H21N4PS2/c1-7(2)17-9-10-12(19-11(9)15(5)13(17)20)16(6)14(21)18(10)8(3)4/h7-8,19H,1-6H3. The van der Waals surface area contributed by atoms with Gasteiger partial charge in [0, 0.05) is 26.2 Å². The Kier molecular flexibility index (Phi) is 3.47. The molecule has 3 heterocycles. The smallest absolute Gasteiger partial charge is 0.181 e. The number of rotatable bonds is 2. The first-order chi connectivity index (χ1) is 9.77. The number of imidazole rings is 2. The molecule has 21 heavy (non-hydrogen) atoms. The van der Waals surface area contributed by atoms with Gasteiger partial charge in [-0.25, -0.2) is 0 Å². The molecule has 0 aliphatic heterocycles. The van der Waals surface area contributed by atoms with Crippen LogP contribution in [0.2, 0.25) is 0 Å². The van der Waals surface area contributed by atoms with E-state index in [9.17, 15) is 0 Å². The van der Waals surface area contributed by atoms with Gasteiger partial charge >= 0.3 is 0 Å². The van der Waals surface area contributed by atoms with E-state index in [4.69, 9.17) is 24.4 Å². The van der Waals surface area contributed by atoms with Crippen molar-refractivity contribution in [3.63, 3.8) is 0 Å². The minimum absolute atomic E-state index is 0.345. The Hall–Kier alpha value is -0.840. The van der Waals surface area contributed by atoms with Gasteiger partial charge in [-0.05, 0) is 52.1 Å². The zero-order valence-corrected chi connectivity index (χ0v) is 15.9. The topological polar surface area (TPSA) is 19.7 Å². The number of hydrogen-bond donors (Lipinski definition) is 0. The molecule has 0 amide bonds. The van der Waals surface area contributed by atoms with Crippen molar-refractivity contribution in [3.05, 3.63) is 9.54 Å². The summed E-state index contributed by atoms with van der Waals surface area (Å²) in [5.41, 5.74) is 2.54. The van der Waals surface area contributed by atoms with Crippen molar-refractivity contribution < 1.29 is 0 Å². The van der Waals surface area contributed by atoms with Crippen LogP contribution in [0.15, 0.2) is 0 Å². The fourth-order valence-electron chi connectivity index (χ4n) is 3.06. The monoisotopic (exact) mass is 340 g/mol. The number of aryl methyl sites for hydroxylation is 2. The van der Waals surface area contributed by atoms with Gasteiger partial charge < -0.3 is 18.3 Å². The third-order valence-electron chi connectivity index (χ3n) is 4.08. The van der Waals surface area contributed by atoms with Gasteiger partial charge in [0.1, 0.15) is 0 Å². The maximum absolute atomic E-state index is 5.64. The lowest BCUT2D eigenvalue weighted by Gasteiger charge is -2.11. The highest BCUT2D eigenvalue weighted by atomic mass is 32.1. The summed E-state index contributed by atoms with van der Waals surface area (Å²) >= 11 is 11.3. The van der Waals surface area contributed by atoms with Gasteiger partial charge in [0.25, 0.3) is 0 Å². The molecule has 3 aromatic rings. The Morgan fingerprint density at radius 1 is 0.762 bits per heavy atom. The zero-order chi connectivity index (χ0) is 15.6. The number of nitrogens with zero attached hydrogens (tertiary/aromatic N) is 4. The van der Waals surface area contributed by atoms with E-state index in [0.29, 0.717) is 20.3 Å². The lowest BCUT2D eigenvalue weighted by atomic mass is 10.3. The predicted octanol–water partition coefficient (Wildman–Crippen LogP) is 4.93. The Bertz CT molecular complexity index is 884. The summed E-state index contributed by atoms with van der Waals surface area (Å²) in [4.78, 5) is 0. The highest BCUT2D eigenvalue weighted by molar-refractivity contribution is 7.71. The highest BCUT2D eigenvalue weighted by Crippen LogP contribution is 2.41. The molecule has 0 unspecified atom stereocenters. The first kappa shape index (κ1) is 15.1. The predicted molar refractivity (Wildman–Crippen MR) is 97.3 cm³/mol. The van der Waals surface area contributed by atoms with Crippen molar-refractivity contribution in [2.75, 3.05) is 0 Å². The molecule has 0 atom stereocenters. The van der Waals surface area contributed by atoms with Gasteiger partial charge in [0.15, 0.2) is 9.54 Å². The van der Waals surface area contributed by atoms with Gasteiger partial charge in [-0.1, -0.05) is 8.19 Å². The normalized spacial score (nSPS) is 12.6. The molecule has 0 radical (unpaired) electrons. The number of fused-ring (bicyclic) bond motifs is 3. The SMILES string of the molecule is CC(C)n1c(=S)n(C)c2[pH]c3c(c21)n(C(C)C)c(=S)n3C. The molecule has 0 aliphatic rings. The molecule has 0 aliphatic carbocycles. The van der Waals surface area contributed by atoms with Crippen LogP contribution < -0.4 is 0 Å². The van der Waals surface area contributed by atoms with Gasteiger partial charge in [0.2, 0.25) is 0 Å². The summed E-state index contributed by atoms with van der Waals surface area (Å²) in [5.74, 6) is 0. The molecular weight excluding hydrogens is 319 g/mol.